The van der Waals surface area contributed by atoms with Gasteiger partial charge in [0.15, 0.2) is 0 Å². The van der Waals surface area contributed by atoms with Gasteiger partial charge in [0.25, 0.3) is 0 Å². The van der Waals surface area contributed by atoms with Crippen molar-refractivity contribution < 1.29 is 19.8 Å². The zero-order valence-electron chi connectivity index (χ0n) is 12.6. The third kappa shape index (κ3) is 3.03. The van der Waals surface area contributed by atoms with Crippen molar-refractivity contribution in [3.05, 3.63) is 83.9 Å². The SMILES string of the molecule is O=C(O)c1ccc(C(=O)O)c(-c2ccc(-c3ccccc3)cc2)c1. The molecule has 0 aliphatic rings. The van der Waals surface area contributed by atoms with E-state index in [1.807, 2.05) is 42.5 Å². The predicted molar refractivity (Wildman–Crippen MR) is 91.2 cm³/mol. The highest BCUT2D eigenvalue weighted by atomic mass is 16.4. The van der Waals surface area contributed by atoms with Gasteiger partial charge in [0, 0.05) is 0 Å². The van der Waals surface area contributed by atoms with E-state index in [4.69, 9.17) is 5.11 Å². The van der Waals surface area contributed by atoms with Gasteiger partial charge in [0.05, 0.1) is 11.1 Å². The zero-order chi connectivity index (χ0) is 17.1. The summed E-state index contributed by atoms with van der Waals surface area (Å²) in [6.07, 6.45) is 0. The maximum Gasteiger partial charge on any atom is 0.336 e. The second-order valence-corrected chi connectivity index (χ2v) is 5.31. The molecule has 24 heavy (non-hydrogen) atoms. The first-order valence-corrected chi connectivity index (χ1v) is 7.33. The number of hydrogen-bond acceptors (Lipinski definition) is 2. The van der Waals surface area contributed by atoms with Crippen LogP contribution in [0.5, 0.6) is 0 Å². The molecule has 3 rings (SSSR count). The number of carbonyl (C=O) groups is 2. The van der Waals surface area contributed by atoms with Gasteiger partial charge in [-0.2, -0.15) is 0 Å². The Morgan fingerprint density at radius 1 is 0.625 bits per heavy atom. The maximum absolute atomic E-state index is 11.4. The Labute approximate surface area is 138 Å². The van der Waals surface area contributed by atoms with Gasteiger partial charge in [0.2, 0.25) is 0 Å². The number of carboxylic acids is 2. The summed E-state index contributed by atoms with van der Waals surface area (Å²) in [5.74, 6) is -2.18. The summed E-state index contributed by atoms with van der Waals surface area (Å²) in [4.78, 5) is 22.6. The Morgan fingerprint density at radius 2 is 1.21 bits per heavy atom. The van der Waals surface area contributed by atoms with E-state index in [0.29, 0.717) is 11.1 Å². The van der Waals surface area contributed by atoms with Crippen LogP contribution in [0, 0.1) is 0 Å². The van der Waals surface area contributed by atoms with E-state index in [1.54, 1.807) is 12.1 Å². The van der Waals surface area contributed by atoms with Crippen LogP contribution in [-0.2, 0) is 0 Å². The third-order valence-electron chi connectivity index (χ3n) is 3.80. The lowest BCUT2D eigenvalue weighted by molar-refractivity contribution is 0.0682. The molecule has 0 bridgehead atoms. The molecule has 0 unspecified atom stereocenters. The van der Waals surface area contributed by atoms with Crippen LogP contribution in [0.4, 0.5) is 0 Å². The summed E-state index contributed by atoms with van der Waals surface area (Å²) in [5, 5.41) is 18.5. The highest BCUT2D eigenvalue weighted by Crippen LogP contribution is 2.28. The summed E-state index contributed by atoms with van der Waals surface area (Å²) in [7, 11) is 0. The summed E-state index contributed by atoms with van der Waals surface area (Å²) in [6, 6.07) is 21.2. The van der Waals surface area contributed by atoms with Crippen LogP contribution in [-0.4, -0.2) is 22.2 Å². The maximum atomic E-state index is 11.4. The van der Waals surface area contributed by atoms with Crippen LogP contribution in [0.25, 0.3) is 22.3 Å². The number of hydrogen-bond donors (Lipinski definition) is 2. The van der Waals surface area contributed by atoms with Gasteiger partial charge in [-0.1, -0.05) is 54.6 Å². The highest BCUT2D eigenvalue weighted by molar-refractivity contribution is 5.99. The van der Waals surface area contributed by atoms with Crippen molar-refractivity contribution in [2.75, 3.05) is 0 Å². The summed E-state index contributed by atoms with van der Waals surface area (Å²) < 4.78 is 0. The topological polar surface area (TPSA) is 74.6 Å². The smallest absolute Gasteiger partial charge is 0.336 e. The molecule has 0 atom stereocenters. The molecule has 118 valence electrons. The molecule has 4 nitrogen and oxygen atoms in total. The molecule has 0 aliphatic heterocycles. The first-order valence-electron chi connectivity index (χ1n) is 7.33. The van der Waals surface area contributed by atoms with E-state index < -0.39 is 11.9 Å². The van der Waals surface area contributed by atoms with Gasteiger partial charge in [-0.15, -0.1) is 0 Å². The lowest BCUT2D eigenvalue weighted by atomic mass is 9.95. The molecule has 3 aromatic carbocycles. The quantitative estimate of drug-likeness (QED) is 0.747. The lowest BCUT2D eigenvalue weighted by Gasteiger charge is -2.09. The normalized spacial score (nSPS) is 10.3. The van der Waals surface area contributed by atoms with Crippen molar-refractivity contribution in [1.29, 1.82) is 0 Å². The number of carboxylic acid groups (broad SMARTS) is 2. The van der Waals surface area contributed by atoms with Crippen LogP contribution in [0.3, 0.4) is 0 Å². The molecular formula is C20H14O4. The summed E-state index contributed by atoms with van der Waals surface area (Å²) in [6.45, 7) is 0. The second-order valence-electron chi connectivity index (χ2n) is 5.31. The predicted octanol–water partition coefficient (Wildman–Crippen LogP) is 4.42. The Bertz CT molecular complexity index is 897. The molecule has 0 radical (unpaired) electrons. The van der Waals surface area contributed by atoms with E-state index >= 15 is 0 Å². The molecule has 0 saturated carbocycles. The molecule has 0 saturated heterocycles. The van der Waals surface area contributed by atoms with Gasteiger partial charge in [0.1, 0.15) is 0 Å². The van der Waals surface area contributed by atoms with E-state index in [0.717, 1.165) is 11.1 Å². The average molecular weight is 318 g/mol. The molecular weight excluding hydrogens is 304 g/mol. The average Bonchev–Trinajstić information content (AvgIpc) is 2.62. The van der Waals surface area contributed by atoms with E-state index in [2.05, 4.69) is 0 Å². The van der Waals surface area contributed by atoms with E-state index in [9.17, 15) is 14.7 Å². The molecule has 0 aromatic heterocycles. The Hall–Kier alpha value is -3.40. The van der Waals surface area contributed by atoms with Crippen LogP contribution < -0.4 is 0 Å². The molecule has 0 aliphatic carbocycles. The van der Waals surface area contributed by atoms with Gasteiger partial charge >= 0.3 is 11.9 Å². The van der Waals surface area contributed by atoms with Crippen molar-refractivity contribution in [2.24, 2.45) is 0 Å². The summed E-state index contributed by atoms with van der Waals surface area (Å²) in [5.41, 5.74) is 3.25. The highest BCUT2D eigenvalue weighted by Gasteiger charge is 2.15. The molecule has 0 heterocycles. The molecule has 4 heteroatoms. The number of aromatic carboxylic acids is 2. The third-order valence-corrected chi connectivity index (χ3v) is 3.80. The van der Waals surface area contributed by atoms with Crippen LogP contribution in [0.1, 0.15) is 20.7 Å². The molecule has 0 spiro atoms. The minimum absolute atomic E-state index is 0.0575. The van der Waals surface area contributed by atoms with E-state index in [-0.39, 0.29) is 11.1 Å². The first kappa shape index (κ1) is 15.5. The molecule has 0 fully saturated rings. The van der Waals surface area contributed by atoms with Crippen LogP contribution in [0.15, 0.2) is 72.8 Å². The largest absolute Gasteiger partial charge is 0.478 e. The van der Waals surface area contributed by atoms with Gasteiger partial charge in [-0.05, 0) is 40.5 Å². The van der Waals surface area contributed by atoms with Crippen molar-refractivity contribution in [3.8, 4) is 22.3 Å². The Kier molecular flexibility index (Phi) is 4.12. The number of benzene rings is 3. The van der Waals surface area contributed by atoms with Crippen molar-refractivity contribution in [1.82, 2.24) is 0 Å². The van der Waals surface area contributed by atoms with Gasteiger partial charge in [-0.25, -0.2) is 9.59 Å². The first-order chi connectivity index (χ1) is 11.6. The standard InChI is InChI=1S/C20H14O4/c21-19(22)16-10-11-17(20(23)24)18(12-16)15-8-6-14(7-9-15)13-4-2-1-3-5-13/h1-12H,(H,21,22)(H,23,24). The summed E-state index contributed by atoms with van der Waals surface area (Å²) >= 11 is 0. The Morgan fingerprint density at radius 3 is 1.79 bits per heavy atom. The van der Waals surface area contributed by atoms with Gasteiger partial charge in [-0.3, -0.25) is 0 Å². The molecule has 2 N–H and O–H groups in total. The van der Waals surface area contributed by atoms with Crippen molar-refractivity contribution >= 4 is 11.9 Å². The molecule has 3 aromatic rings. The van der Waals surface area contributed by atoms with Crippen molar-refractivity contribution in [2.45, 2.75) is 0 Å². The zero-order valence-corrected chi connectivity index (χ0v) is 12.6. The fraction of sp³-hybridized carbons (Fsp3) is 0. The van der Waals surface area contributed by atoms with Gasteiger partial charge < -0.3 is 10.2 Å². The fourth-order valence-corrected chi connectivity index (χ4v) is 2.58. The Balaban J connectivity index is 2.06. The van der Waals surface area contributed by atoms with Crippen LogP contribution in [0.2, 0.25) is 0 Å². The minimum atomic E-state index is -1.09. The van der Waals surface area contributed by atoms with E-state index in [1.165, 1.54) is 18.2 Å². The van der Waals surface area contributed by atoms with Crippen LogP contribution >= 0.6 is 0 Å². The fourth-order valence-electron chi connectivity index (χ4n) is 2.58. The lowest BCUT2D eigenvalue weighted by Crippen LogP contribution is -2.03. The number of rotatable bonds is 4. The second kappa shape index (κ2) is 6.38. The van der Waals surface area contributed by atoms with Crippen molar-refractivity contribution in [3.63, 3.8) is 0 Å². The minimum Gasteiger partial charge on any atom is -0.478 e. The monoisotopic (exact) mass is 318 g/mol. The molecule has 0 amide bonds.